The highest BCUT2D eigenvalue weighted by Crippen LogP contribution is 2.70. The van der Waals surface area contributed by atoms with Gasteiger partial charge in [0, 0.05) is 25.0 Å². The number of fused-ring (bicyclic) bond motifs is 5. The van der Waals surface area contributed by atoms with E-state index in [1.165, 1.54) is 0 Å². The normalized spacial score (nSPS) is 53.9. The Morgan fingerprint density at radius 2 is 1.47 bits per heavy atom. The third-order valence-corrected chi connectivity index (χ3v) is 16.4. The molecular formula is C42H66O17. The van der Waals surface area contributed by atoms with Crippen molar-refractivity contribution in [3.63, 3.8) is 0 Å². The monoisotopic (exact) mass is 842 g/mol. The first kappa shape index (κ1) is 44.2. The molecule has 7 fully saturated rings. The maximum absolute atomic E-state index is 12.6. The van der Waals surface area contributed by atoms with Crippen molar-refractivity contribution >= 4 is 5.97 Å². The van der Waals surface area contributed by atoms with Crippen molar-refractivity contribution in [1.82, 2.24) is 0 Å². The highest BCUT2D eigenvalue weighted by atomic mass is 16.7. The van der Waals surface area contributed by atoms with Gasteiger partial charge in [0.25, 0.3) is 0 Å². The molecule has 4 aliphatic carbocycles. The van der Waals surface area contributed by atoms with Crippen LogP contribution >= 0.6 is 0 Å². The largest absolute Gasteiger partial charge is 0.458 e. The molecule has 8 N–H and O–H groups in total. The van der Waals surface area contributed by atoms with E-state index in [1.54, 1.807) is 13.2 Å². The minimum absolute atomic E-state index is 0.0194. The minimum atomic E-state index is -1.74. The number of carbonyl (C=O) groups is 1. The third kappa shape index (κ3) is 7.75. The van der Waals surface area contributed by atoms with E-state index in [2.05, 4.69) is 13.8 Å². The molecule has 3 saturated heterocycles. The maximum Gasteiger partial charge on any atom is 0.331 e. The second-order valence-electron chi connectivity index (χ2n) is 19.3. The SMILES string of the molecule is COC1CC(OC2CCC3(C)C(CCC4C3CCC3(C)C(C5=CC(=O)OC5)CCC43O)C2)OC(C)C1OC1OC(COCC2OC(O)C(O)C(O)C2O)C(O)C(O)C1O. The summed E-state index contributed by atoms with van der Waals surface area (Å²) in [5, 5.41) is 84.6. The van der Waals surface area contributed by atoms with Crippen LogP contribution in [-0.4, -0.2) is 171 Å². The lowest BCUT2D eigenvalue weighted by Gasteiger charge is -2.64. The quantitative estimate of drug-likeness (QED) is 0.105. The fraction of sp³-hybridized carbons (Fsp3) is 0.929. The molecule has 17 nitrogen and oxygen atoms in total. The van der Waals surface area contributed by atoms with Gasteiger partial charge >= 0.3 is 5.97 Å². The lowest BCUT2D eigenvalue weighted by Crippen LogP contribution is -2.62. The van der Waals surface area contributed by atoms with Crippen LogP contribution in [0.3, 0.4) is 0 Å². The number of aliphatic hydroxyl groups excluding tert-OH is 7. The zero-order valence-corrected chi connectivity index (χ0v) is 34.5. The molecule has 4 saturated carbocycles. The first-order valence-electron chi connectivity index (χ1n) is 21.7. The van der Waals surface area contributed by atoms with E-state index < -0.39 is 91.6 Å². The summed E-state index contributed by atoms with van der Waals surface area (Å²) in [6.45, 7) is 6.14. The van der Waals surface area contributed by atoms with Gasteiger partial charge in [-0.15, -0.1) is 0 Å². The molecule has 0 aromatic heterocycles. The maximum atomic E-state index is 12.6. The van der Waals surface area contributed by atoms with Gasteiger partial charge < -0.3 is 78.7 Å². The van der Waals surface area contributed by atoms with Crippen molar-refractivity contribution in [3.05, 3.63) is 11.6 Å². The Morgan fingerprint density at radius 3 is 2.17 bits per heavy atom. The third-order valence-electron chi connectivity index (χ3n) is 16.4. The highest BCUT2D eigenvalue weighted by Gasteiger charge is 2.68. The molecule has 22 atom stereocenters. The van der Waals surface area contributed by atoms with Crippen LogP contribution in [0.15, 0.2) is 11.6 Å². The predicted molar refractivity (Wildman–Crippen MR) is 202 cm³/mol. The van der Waals surface area contributed by atoms with Crippen molar-refractivity contribution in [2.24, 2.45) is 34.5 Å². The first-order chi connectivity index (χ1) is 28.0. The molecule has 0 aromatic carbocycles. The van der Waals surface area contributed by atoms with Crippen molar-refractivity contribution < 1.29 is 83.5 Å². The topological polar surface area (TPSA) is 253 Å². The average Bonchev–Trinajstić information content (AvgIpc) is 3.76. The van der Waals surface area contributed by atoms with E-state index in [9.17, 15) is 45.6 Å². The number of ether oxygens (including phenoxy) is 8. The van der Waals surface area contributed by atoms with Crippen molar-refractivity contribution in [1.29, 1.82) is 0 Å². The number of rotatable bonds is 10. The summed E-state index contributed by atoms with van der Waals surface area (Å²) in [5.41, 5.74) is 0.0880. The number of hydrogen-bond acceptors (Lipinski definition) is 17. The van der Waals surface area contributed by atoms with Crippen molar-refractivity contribution in [2.45, 2.75) is 183 Å². The second kappa shape index (κ2) is 17.0. The molecular weight excluding hydrogens is 776 g/mol. The molecule has 0 radical (unpaired) electrons. The Balaban J connectivity index is 0.845. The molecule has 22 unspecified atom stereocenters. The summed E-state index contributed by atoms with van der Waals surface area (Å²) in [7, 11) is 1.55. The van der Waals surface area contributed by atoms with Gasteiger partial charge in [0.1, 0.15) is 61.5 Å². The number of aliphatic hydroxyl groups is 8. The summed E-state index contributed by atoms with van der Waals surface area (Å²) in [6.07, 6.45) is -7.37. The highest BCUT2D eigenvalue weighted by molar-refractivity contribution is 5.85. The number of esters is 1. The molecule has 0 spiro atoms. The van der Waals surface area contributed by atoms with E-state index in [4.69, 9.17) is 37.9 Å². The second-order valence-corrected chi connectivity index (χ2v) is 19.3. The Kier molecular flexibility index (Phi) is 12.7. The number of methoxy groups -OCH3 is 1. The van der Waals surface area contributed by atoms with Crippen LogP contribution in [-0.2, 0) is 42.7 Å². The van der Waals surface area contributed by atoms with E-state index >= 15 is 0 Å². The van der Waals surface area contributed by atoms with E-state index in [0.29, 0.717) is 24.9 Å². The summed E-state index contributed by atoms with van der Waals surface area (Å²) in [4.78, 5) is 12.0. The Hall–Kier alpha value is -1.39. The van der Waals surface area contributed by atoms with Crippen LogP contribution in [0.1, 0.15) is 85.0 Å². The lowest BCUT2D eigenvalue weighted by atomic mass is 9.43. The average molecular weight is 843 g/mol. The predicted octanol–water partition coefficient (Wildman–Crippen LogP) is -0.212. The molecule has 59 heavy (non-hydrogen) atoms. The Morgan fingerprint density at radius 1 is 0.763 bits per heavy atom. The van der Waals surface area contributed by atoms with Gasteiger partial charge in [-0.1, -0.05) is 13.8 Å². The first-order valence-corrected chi connectivity index (χ1v) is 21.7. The van der Waals surface area contributed by atoms with Crippen LogP contribution in [0.2, 0.25) is 0 Å². The van der Waals surface area contributed by atoms with Crippen LogP contribution < -0.4 is 0 Å². The molecule has 336 valence electrons. The standard InChI is InChI=1S/C42H66O17/c1-19-37(59-39-36(49)34(47)32(45)28(58-39)18-53-17-27-31(44)33(46)35(48)38(50)57-27)26(52-4)15-30(55-19)56-22-7-10-40(2)21(14-22)5-6-25-24(40)8-11-41(3)23(9-12-42(25,41)51)20-13-29(43)54-16-20/h13,19,21-28,30-39,44-51H,5-12,14-18H2,1-4H3. The van der Waals surface area contributed by atoms with Gasteiger partial charge in [0.2, 0.25) is 0 Å². The molecule has 4 aliphatic heterocycles. The van der Waals surface area contributed by atoms with Crippen LogP contribution in [0, 0.1) is 34.5 Å². The van der Waals surface area contributed by atoms with Crippen LogP contribution in [0.25, 0.3) is 0 Å². The summed E-state index contributed by atoms with van der Waals surface area (Å²) in [5.74, 6) is 0.973. The minimum Gasteiger partial charge on any atom is -0.458 e. The number of cyclic esters (lactones) is 1. The fourth-order valence-electron chi connectivity index (χ4n) is 12.9. The van der Waals surface area contributed by atoms with Gasteiger partial charge in [-0.25, -0.2) is 4.79 Å². The van der Waals surface area contributed by atoms with E-state index in [-0.39, 0.29) is 48.0 Å². The molecule has 8 aliphatic rings. The van der Waals surface area contributed by atoms with E-state index in [0.717, 1.165) is 63.4 Å². The van der Waals surface area contributed by atoms with Gasteiger partial charge in [-0.2, -0.15) is 0 Å². The smallest absolute Gasteiger partial charge is 0.331 e. The van der Waals surface area contributed by atoms with Crippen molar-refractivity contribution in [3.8, 4) is 0 Å². The number of hydrogen-bond donors (Lipinski definition) is 8. The summed E-state index contributed by atoms with van der Waals surface area (Å²) < 4.78 is 47.0. The summed E-state index contributed by atoms with van der Waals surface area (Å²) in [6, 6.07) is 0. The number of carbonyl (C=O) groups excluding carboxylic acids is 1. The van der Waals surface area contributed by atoms with Gasteiger partial charge in [-0.05, 0) is 99.4 Å². The molecule has 17 heteroatoms. The Bertz CT molecular complexity index is 1530. The molecule has 8 rings (SSSR count). The van der Waals surface area contributed by atoms with Gasteiger partial charge in [-0.3, -0.25) is 0 Å². The summed E-state index contributed by atoms with van der Waals surface area (Å²) >= 11 is 0. The van der Waals surface area contributed by atoms with Crippen LogP contribution in [0.5, 0.6) is 0 Å². The van der Waals surface area contributed by atoms with Crippen molar-refractivity contribution in [2.75, 3.05) is 26.9 Å². The Labute approximate surface area is 344 Å². The van der Waals surface area contributed by atoms with Crippen LogP contribution in [0.4, 0.5) is 0 Å². The van der Waals surface area contributed by atoms with E-state index in [1.807, 2.05) is 6.92 Å². The molecule has 0 bridgehead atoms. The zero-order chi connectivity index (χ0) is 42.2. The lowest BCUT2D eigenvalue weighted by molar-refractivity contribution is -0.347. The van der Waals surface area contributed by atoms with Gasteiger partial charge in [0.15, 0.2) is 18.9 Å². The molecule has 0 aromatic rings. The van der Waals surface area contributed by atoms with Gasteiger partial charge in [0.05, 0.1) is 37.1 Å². The molecule has 0 amide bonds. The molecule has 4 heterocycles. The fourth-order valence-corrected chi connectivity index (χ4v) is 12.9. The zero-order valence-electron chi connectivity index (χ0n) is 34.5.